The summed E-state index contributed by atoms with van der Waals surface area (Å²) in [4.78, 5) is 16.9. The van der Waals surface area contributed by atoms with Gasteiger partial charge in [-0.25, -0.2) is 0 Å². The molecular weight excluding hydrogens is 352 g/mol. The van der Waals surface area contributed by atoms with Gasteiger partial charge in [-0.3, -0.25) is 19.9 Å². The third-order valence-corrected chi connectivity index (χ3v) is 5.44. The van der Waals surface area contributed by atoms with Crippen LogP contribution in [0.15, 0.2) is 36.8 Å². The van der Waals surface area contributed by atoms with Crippen LogP contribution >= 0.6 is 0 Å². The molecule has 1 aliphatic carbocycles. The van der Waals surface area contributed by atoms with Crippen LogP contribution in [0.2, 0.25) is 0 Å². The summed E-state index contributed by atoms with van der Waals surface area (Å²) in [5.74, 6) is 2.28. The minimum absolute atomic E-state index is 0.227. The maximum Gasteiger partial charge on any atom is 0.132 e. The van der Waals surface area contributed by atoms with Crippen LogP contribution in [0.25, 0.3) is 11.0 Å². The van der Waals surface area contributed by atoms with Gasteiger partial charge in [0.25, 0.3) is 0 Å². The van der Waals surface area contributed by atoms with Crippen molar-refractivity contribution in [2.45, 2.75) is 52.1 Å². The zero-order chi connectivity index (χ0) is 19.3. The molecule has 2 aromatic heterocycles. The van der Waals surface area contributed by atoms with Gasteiger partial charge in [0, 0.05) is 24.3 Å². The first-order valence-electron chi connectivity index (χ1n) is 10.0. The largest absolute Gasteiger partial charge is 0.857 e. The van der Waals surface area contributed by atoms with Crippen molar-refractivity contribution < 1.29 is 9.84 Å². The predicted octanol–water partition coefficient (Wildman–Crippen LogP) is 3.83. The molecule has 1 fully saturated rings. The lowest BCUT2D eigenvalue weighted by Gasteiger charge is -2.13. The van der Waals surface area contributed by atoms with Crippen LogP contribution in [0.1, 0.15) is 50.4 Å². The summed E-state index contributed by atoms with van der Waals surface area (Å²) in [6.45, 7) is 2.64. The van der Waals surface area contributed by atoms with E-state index in [4.69, 9.17) is 4.74 Å². The fourth-order valence-electron chi connectivity index (χ4n) is 3.55. The lowest BCUT2D eigenvalue weighted by atomic mass is 10.1. The Hall–Kier alpha value is -2.76. The van der Waals surface area contributed by atoms with Gasteiger partial charge in [-0.15, -0.1) is 0 Å². The Labute approximate surface area is 165 Å². The Bertz CT molecular complexity index is 932. The van der Waals surface area contributed by atoms with E-state index < -0.39 is 0 Å². The molecule has 4 rings (SSSR count). The lowest BCUT2D eigenvalue weighted by molar-refractivity contribution is -0.276. The van der Waals surface area contributed by atoms with Gasteiger partial charge in [0.15, 0.2) is 0 Å². The molecule has 6 heteroatoms. The number of fused-ring (bicyclic) bond motifs is 1. The van der Waals surface area contributed by atoms with Crippen LogP contribution in [0.5, 0.6) is 11.6 Å². The van der Waals surface area contributed by atoms with Crippen LogP contribution in [-0.2, 0) is 13.0 Å². The van der Waals surface area contributed by atoms with Crippen molar-refractivity contribution in [1.82, 2.24) is 19.9 Å². The quantitative estimate of drug-likeness (QED) is 0.527. The summed E-state index contributed by atoms with van der Waals surface area (Å²) in [5, 5.41) is 12.3. The summed E-state index contributed by atoms with van der Waals surface area (Å²) in [7, 11) is 0. The number of aryl methyl sites for hydroxylation is 1. The number of aromatic nitrogens is 4. The molecule has 0 N–H and O–H groups in total. The molecule has 1 saturated carbocycles. The van der Waals surface area contributed by atoms with E-state index in [9.17, 15) is 5.11 Å². The zero-order valence-electron chi connectivity index (χ0n) is 16.2. The molecule has 0 bridgehead atoms. The molecule has 0 amide bonds. The van der Waals surface area contributed by atoms with Crippen molar-refractivity contribution in [3.63, 3.8) is 0 Å². The Morgan fingerprint density at radius 3 is 2.79 bits per heavy atom. The molecule has 1 unspecified atom stereocenters. The van der Waals surface area contributed by atoms with Crippen molar-refractivity contribution in [3.05, 3.63) is 48.2 Å². The van der Waals surface area contributed by atoms with E-state index in [-0.39, 0.29) is 5.88 Å². The third-order valence-electron chi connectivity index (χ3n) is 5.44. The highest BCUT2D eigenvalue weighted by atomic mass is 16.5. The molecule has 0 saturated heterocycles. The second-order valence-corrected chi connectivity index (χ2v) is 7.68. The summed E-state index contributed by atoms with van der Waals surface area (Å²) >= 11 is 0. The maximum atomic E-state index is 12.3. The van der Waals surface area contributed by atoms with Crippen molar-refractivity contribution in [2.75, 3.05) is 0 Å². The van der Waals surface area contributed by atoms with Crippen molar-refractivity contribution in [3.8, 4) is 11.6 Å². The zero-order valence-corrected chi connectivity index (χ0v) is 16.2. The first-order valence-corrected chi connectivity index (χ1v) is 10.0. The van der Waals surface area contributed by atoms with Crippen molar-refractivity contribution in [1.29, 1.82) is 0 Å². The Kier molecular flexibility index (Phi) is 5.65. The van der Waals surface area contributed by atoms with Crippen LogP contribution in [-0.4, -0.2) is 19.9 Å². The van der Waals surface area contributed by atoms with E-state index in [1.54, 1.807) is 24.7 Å². The van der Waals surface area contributed by atoms with Crippen LogP contribution in [0.4, 0.5) is 0 Å². The van der Waals surface area contributed by atoms with Gasteiger partial charge in [-0.05, 0) is 43.2 Å². The Morgan fingerprint density at radius 2 is 2.00 bits per heavy atom. The second kappa shape index (κ2) is 8.50. The normalized spacial score (nSPS) is 18.3. The van der Waals surface area contributed by atoms with E-state index in [0.29, 0.717) is 30.0 Å². The van der Waals surface area contributed by atoms with Gasteiger partial charge in [0.1, 0.15) is 12.4 Å². The minimum atomic E-state index is -0.227. The number of unbranched alkanes of at least 4 members (excludes halogenated alkanes) is 2. The van der Waals surface area contributed by atoms with Crippen LogP contribution in [0.3, 0.4) is 0 Å². The first kappa shape index (κ1) is 18.6. The van der Waals surface area contributed by atoms with E-state index in [0.717, 1.165) is 35.9 Å². The number of benzene rings is 1. The van der Waals surface area contributed by atoms with Crippen molar-refractivity contribution >= 4 is 11.0 Å². The van der Waals surface area contributed by atoms with Gasteiger partial charge in [0.2, 0.25) is 0 Å². The summed E-state index contributed by atoms with van der Waals surface area (Å²) < 4.78 is 5.72. The standard InChI is InChI=1S/C22H26N4O2/c1-15-11-16(15)5-3-2-4-6-20-22(27)26-21-12-18(7-8-19(21)25-20)28-14-17-13-23-9-10-24-17/h7-10,12-13,15-16H,2-6,11,14H2,1H3,(H,26,27)/p-1/t15?,16-/m1/s1. The van der Waals surface area contributed by atoms with E-state index in [1.807, 2.05) is 12.1 Å². The number of hydrogen-bond donors (Lipinski definition) is 0. The third kappa shape index (κ3) is 4.74. The van der Waals surface area contributed by atoms with Gasteiger partial charge in [-0.1, -0.05) is 26.2 Å². The Balaban J connectivity index is 1.34. The smallest absolute Gasteiger partial charge is 0.132 e. The predicted molar refractivity (Wildman–Crippen MR) is 105 cm³/mol. The molecule has 28 heavy (non-hydrogen) atoms. The maximum absolute atomic E-state index is 12.3. The molecule has 6 nitrogen and oxygen atoms in total. The minimum Gasteiger partial charge on any atom is -0.857 e. The van der Waals surface area contributed by atoms with Gasteiger partial charge < -0.3 is 9.84 Å². The molecule has 3 aromatic rings. The number of hydrogen-bond acceptors (Lipinski definition) is 6. The lowest BCUT2D eigenvalue weighted by Crippen LogP contribution is -2.04. The molecule has 2 atom stereocenters. The Morgan fingerprint density at radius 1 is 1.11 bits per heavy atom. The molecule has 1 aromatic carbocycles. The van der Waals surface area contributed by atoms with E-state index >= 15 is 0 Å². The average molecular weight is 377 g/mol. The van der Waals surface area contributed by atoms with E-state index in [2.05, 4.69) is 26.9 Å². The molecule has 0 aliphatic heterocycles. The monoisotopic (exact) mass is 377 g/mol. The van der Waals surface area contributed by atoms with Gasteiger partial charge >= 0.3 is 0 Å². The fraction of sp³-hybridized carbons (Fsp3) is 0.455. The summed E-state index contributed by atoms with van der Waals surface area (Å²) in [6, 6.07) is 5.45. The molecule has 0 spiro atoms. The number of rotatable bonds is 9. The number of nitrogens with zero attached hydrogens (tertiary/aromatic N) is 4. The highest BCUT2D eigenvalue weighted by Crippen LogP contribution is 2.41. The molecule has 146 valence electrons. The fourth-order valence-corrected chi connectivity index (χ4v) is 3.55. The van der Waals surface area contributed by atoms with E-state index in [1.165, 1.54) is 19.3 Å². The summed E-state index contributed by atoms with van der Waals surface area (Å²) in [5.41, 5.74) is 2.60. The molecule has 2 heterocycles. The SMILES string of the molecule is CC1C[C@H]1CCCCCc1nc2ccc(OCc3cnccn3)cc2nc1[O-]. The average Bonchev–Trinajstić information content (AvgIpc) is 3.42. The second-order valence-electron chi connectivity index (χ2n) is 7.68. The molecule has 1 aliphatic rings. The van der Waals surface area contributed by atoms with Gasteiger partial charge in [0.05, 0.1) is 28.6 Å². The van der Waals surface area contributed by atoms with Crippen LogP contribution < -0.4 is 9.84 Å². The highest BCUT2D eigenvalue weighted by molar-refractivity contribution is 5.76. The van der Waals surface area contributed by atoms with Crippen LogP contribution in [0, 0.1) is 11.8 Å². The summed E-state index contributed by atoms with van der Waals surface area (Å²) in [6.07, 6.45) is 11.7. The highest BCUT2D eigenvalue weighted by Gasteiger charge is 2.31. The molecule has 0 radical (unpaired) electrons. The topological polar surface area (TPSA) is 83.9 Å². The molecular formula is C22H25N4O2-. The van der Waals surface area contributed by atoms with Crippen molar-refractivity contribution in [2.24, 2.45) is 11.8 Å². The first-order chi connectivity index (χ1) is 13.7. The number of ether oxygens (including phenoxy) is 1. The van der Waals surface area contributed by atoms with Gasteiger partial charge in [-0.2, -0.15) is 0 Å².